The summed E-state index contributed by atoms with van der Waals surface area (Å²) in [6, 6.07) is 0. The number of rotatable bonds is 19. The molecular formula is C18H38NaO5S+. The van der Waals surface area contributed by atoms with E-state index in [4.69, 9.17) is 9.29 Å². The zero-order valence-corrected chi connectivity index (χ0v) is 19.3. The zero-order chi connectivity index (χ0) is 17.9. The molecular weight excluding hydrogens is 351 g/mol. The molecule has 0 atom stereocenters. The van der Waals surface area contributed by atoms with E-state index < -0.39 is 10.4 Å². The summed E-state index contributed by atoms with van der Waals surface area (Å²) in [7, 11) is -4.33. The van der Waals surface area contributed by atoms with Crippen molar-refractivity contribution >= 4 is 10.4 Å². The molecule has 0 saturated heterocycles. The van der Waals surface area contributed by atoms with E-state index in [1.807, 2.05) is 0 Å². The topological polar surface area (TPSA) is 72.8 Å². The average Bonchev–Trinajstić information content (AvgIpc) is 2.52. The monoisotopic (exact) mass is 389 g/mol. The third kappa shape index (κ3) is 27.2. The van der Waals surface area contributed by atoms with Crippen LogP contribution in [0.25, 0.3) is 0 Å². The van der Waals surface area contributed by atoms with Crippen molar-refractivity contribution in [3.63, 3.8) is 0 Å². The average molecular weight is 390 g/mol. The Morgan fingerprint density at radius 3 is 1.44 bits per heavy atom. The molecule has 0 radical (unpaired) electrons. The summed E-state index contributed by atoms with van der Waals surface area (Å²) in [4.78, 5) is 0. The summed E-state index contributed by atoms with van der Waals surface area (Å²) in [5.74, 6) is 0. The van der Waals surface area contributed by atoms with E-state index in [0.29, 0.717) is 6.61 Å². The molecule has 0 saturated carbocycles. The van der Waals surface area contributed by atoms with Crippen molar-refractivity contribution in [3.8, 4) is 0 Å². The molecule has 0 aromatic rings. The molecule has 7 heteroatoms. The van der Waals surface area contributed by atoms with Crippen LogP contribution in [0.4, 0.5) is 0 Å². The van der Waals surface area contributed by atoms with Gasteiger partial charge >= 0.3 is 40.0 Å². The van der Waals surface area contributed by atoms with Crippen molar-refractivity contribution in [3.05, 3.63) is 0 Å². The van der Waals surface area contributed by atoms with Crippen LogP contribution in [0.5, 0.6) is 0 Å². The first-order chi connectivity index (χ1) is 11.6. The molecule has 0 aliphatic carbocycles. The molecule has 0 aromatic carbocycles. The Kier molecular flexibility index (Phi) is 23.7. The maximum absolute atomic E-state index is 10.3. The molecule has 0 amide bonds. The van der Waals surface area contributed by atoms with Gasteiger partial charge in [-0.05, 0) is 6.42 Å². The predicted octanol–water partition coefficient (Wildman–Crippen LogP) is 2.31. The van der Waals surface area contributed by atoms with Crippen LogP contribution in [-0.4, -0.2) is 32.8 Å². The molecule has 0 fully saturated rings. The Morgan fingerprint density at radius 2 is 1.04 bits per heavy atom. The second kappa shape index (κ2) is 21.1. The molecule has 0 unspecified atom stereocenters. The summed E-state index contributed by atoms with van der Waals surface area (Å²) in [5.41, 5.74) is 0. The third-order valence-electron chi connectivity index (χ3n) is 4.10. The Labute approximate surface area is 177 Å². The molecule has 0 aromatic heterocycles. The molecule has 0 rings (SSSR count). The predicted molar refractivity (Wildman–Crippen MR) is 98.6 cm³/mol. The van der Waals surface area contributed by atoms with Crippen LogP contribution in [0.1, 0.15) is 96.8 Å². The summed E-state index contributed by atoms with van der Waals surface area (Å²) < 4.78 is 38.3. The normalized spacial score (nSPS) is 11.4. The van der Waals surface area contributed by atoms with Gasteiger partial charge in [-0.25, -0.2) is 4.18 Å². The van der Waals surface area contributed by atoms with Crippen molar-refractivity contribution in [1.29, 1.82) is 0 Å². The van der Waals surface area contributed by atoms with Crippen LogP contribution in [0.2, 0.25) is 0 Å². The van der Waals surface area contributed by atoms with Gasteiger partial charge in [0.1, 0.15) is 0 Å². The van der Waals surface area contributed by atoms with Gasteiger partial charge in [0.15, 0.2) is 0 Å². The van der Waals surface area contributed by atoms with Crippen molar-refractivity contribution in [2.45, 2.75) is 96.8 Å². The van der Waals surface area contributed by atoms with Gasteiger partial charge in [0.25, 0.3) is 0 Å². The van der Waals surface area contributed by atoms with Gasteiger partial charge in [0.05, 0.1) is 13.2 Å². The molecule has 0 bridgehead atoms. The largest absolute Gasteiger partial charge is 1.00 e. The molecule has 0 spiro atoms. The molecule has 0 aliphatic rings. The second-order valence-electron chi connectivity index (χ2n) is 6.46. The van der Waals surface area contributed by atoms with Crippen LogP contribution in [0.15, 0.2) is 0 Å². The van der Waals surface area contributed by atoms with E-state index in [2.05, 4.69) is 11.1 Å². The molecule has 0 aliphatic heterocycles. The number of hydrogen-bond donors (Lipinski definition) is 1. The first kappa shape index (κ1) is 28.0. The minimum atomic E-state index is -4.33. The smallest absolute Gasteiger partial charge is 0.379 e. The fourth-order valence-electron chi connectivity index (χ4n) is 2.70. The summed E-state index contributed by atoms with van der Waals surface area (Å²) in [6.45, 7) is 2.94. The van der Waals surface area contributed by atoms with E-state index >= 15 is 0 Å². The second-order valence-corrected chi connectivity index (χ2v) is 7.55. The molecule has 1 N–H and O–H groups in total. The van der Waals surface area contributed by atoms with E-state index in [-0.39, 0.29) is 42.8 Å². The van der Waals surface area contributed by atoms with Crippen molar-refractivity contribution < 1.29 is 51.4 Å². The van der Waals surface area contributed by atoms with Crippen LogP contribution in [-0.2, 0) is 19.3 Å². The fourth-order valence-corrected chi connectivity index (χ4v) is 2.98. The van der Waals surface area contributed by atoms with Gasteiger partial charge in [-0.3, -0.25) is 4.55 Å². The SMILES string of the molecule is CCCCCCCCCCCCCCCCOCCOS(=O)(=O)O.[Na+]. The number of ether oxygens (including phenoxy) is 1. The first-order valence-electron chi connectivity index (χ1n) is 9.76. The number of hydrogen-bond acceptors (Lipinski definition) is 4. The van der Waals surface area contributed by atoms with Crippen LogP contribution >= 0.6 is 0 Å². The number of unbranched alkanes of at least 4 members (excludes halogenated alkanes) is 13. The van der Waals surface area contributed by atoms with E-state index in [9.17, 15) is 8.42 Å². The van der Waals surface area contributed by atoms with Gasteiger partial charge in [0.2, 0.25) is 0 Å². The van der Waals surface area contributed by atoms with Gasteiger partial charge in [-0.2, -0.15) is 8.42 Å². The van der Waals surface area contributed by atoms with Crippen molar-refractivity contribution in [2.24, 2.45) is 0 Å². The standard InChI is InChI=1S/C18H38O5S.Na/c1-2-3-4-5-6-7-8-9-10-11-12-13-14-15-16-22-17-18-23-24(19,20)21;/h2-18H2,1H3,(H,19,20,21);/q;+1. The van der Waals surface area contributed by atoms with Crippen molar-refractivity contribution in [1.82, 2.24) is 0 Å². The van der Waals surface area contributed by atoms with E-state index in [1.54, 1.807) is 0 Å². The van der Waals surface area contributed by atoms with Crippen LogP contribution in [0, 0.1) is 0 Å². The minimum absolute atomic E-state index is 0. The Hall–Kier alpha value is 0.830. The quantitative estimate of drug-likeness (QED) is 0.208. The maximum Gasteiger partial charge on any atom is 1.00 e. The summed E-state index contributed by atoms with van der Waals surface area (Å²) in [5, 5.41) is 0. The van der Waals surface area contributed by atoms with Crippen molar-refractivity contribution in [2.75, 3.05) is 19.8 Å². The van der Waals surface area contributed by atoms with E-state index in [0.717, 1.165) is 12.8 Å². The maximum atomic E-state index is 10.3. The first-order valence-corrected chi connectivity index (χ1v) is 11.1. The third-order valence-corrected chi connectivity index (χ3v) is 4.57. The Morgan fingerprint density at radius 1 is 0.640 bits per heavy atom. The van der Waals surface area contributed by atoms with Gasteiger partial charge in [0, 0.05) is 6.61 Å². The minimum Gasteiger partial charge on any atom is -0.379 e. The fraction of sp³-hybridized carbons (Fsp3) is 1.00. The zero-order valence-electron chi connectivity index (χ0n) is 16.5. The summed E-state index contributed by atoms with van der Waals surface area (Å²) in [6.07, 6.45) is 18.5. The van der Waals surface area contributed by atoms with Gasteiger partial charge < -0.3 is 4.74 Å². The van der Waals surface area contributed by atoms with Crippen LogP contribution in [0.3, 0.4) is 0 Å². The van der Waals surface area contributed by atoms with E-state index in [1.165, 1.54) is 77.0 Å². The molecule has 5 nitrogen and oxygen atoms in total. The molecule has 146 valence electrons. The molecule has 25 heavy (non-hydrogen) atoms. The van der Waals surface area contributed by atoms with Gasteiger partial charge in [-0.15, -0.1) is 0 Å². The summed E-state index contributed by atoms with van der Waals surface area (Å²) >= 11 is 0. The molecule has 0 heterocycles. The Balaban J connectivity index is 0. The van der Waals surface area contributed by atoms with Crippen LogP contribution < -0.4 is 29.6 Å². The Bertz CT molecular complexity index is 349. The van der Waals surface area contributed by atoms with Gasteiger partial charge in [-0.1, -0.05) is 90.4 Å².